The number of benzene rings is 1. The van der Waals surface area contributed by atoms with E-state index in [1.54, 1.807) is 6.07 Å². The van der Waals surface area contributed by atoms with Crippen molar-refractivity contribution in [3.63, 3.8) is 0 Å². The summed E-state index contributed by atoms with van der Waals surface area (Å²) >= 11 is 7.46. The van der Waals surface area contributed by atoms with Gasteiger partial charge in [0.1, 0.15) is 0 Å². The second kappa shape index (κ2) is 5.18. The van der Waals surface area contributed by atoms with Gasteiger partial charge in [0, 0.05) is 16.0 Å². The Balaban J connectivity index is 1.98. The fourth-order valence-electron chi connectivity index (χ4n) is 1.77. The molecule has 1 heterocycles. The zero-order valence-electron chi connectivity index (χ0n) is 9.04. The molecule has 1 saturated heterocycles. The number of hydrogen-bond donors (Lipinski definition) is 1. The maximum absolute atomic E-state index is 11.3. The first-order valence-corrected chi connectivity index (χ1v) is 8.46. The van der Waals surface area contributed by atoms with Crippen molar-refractivity contribution < 1.29 is 13.5 Å². The van der Waals surface area contributed by atoms with Gasteiger partial charge in [-0.15, -0.1) is 11.8 Å². The lowest BCUT2D eigenvalue weighted by molar-refractivity contribution is 0.207. The van der Waals surface area contributed by atoms with E-state index in [4.69, 9.17) is 11.6 Å². The standard InChI is InChI=1S/C11H13ClO3S2/c12-9-4-2-1-3-8(9)5-16-11-7-17(14,15)6-10(11)13/h1-4,10-11,13H,5-7H2. The van der Waals surface area contributed by atoms with Crippen LogP contribution in [0.5, 0.6) is 0 Å². The van der Waals surface area contributed by atoms with Crippen LogP contribution in [0.1, 0.15) is 5.56 Å². The number of aliphatic hydroxyl groups excluding tert-OH is 1. The van der Waals surface area contributed by atoms with Gasteiger partial charge in [0.2, 0.25) is 0 Å². The second-order valence-electron chi connectivity index (χ2n) is 4.09. The van der Waals surface area contributed by atoms with Crippen LogP contribution in [-0.4, -0.2) is 36.4 Å². The molecule has 2 rings (SSSR count). The smallest absolute Gasteiger partial charge is 0.154 e. The van der Waals surface area contributed by atoms with Gasteiger partial charge in [-0.1, -0.05) is 29.8 Å². The lowest BCUT2D eigenvalue weighted by Gasteiger charge is -2.12. The minimum absolute atomic E-state index is 0.0588. The molecule has 0 amide bonds. The average molecular weight is 293 g/mol. The summed E-state index contributed by atoms with van der Waals surface area (Å²) in [5, 5.41) is 10.1. The first-order valence-electron chi connectivity index (χ1n) is 5.21. The highest BCUT2D eigenvalue weighted by Gasteiger charge is 2.36. The molecule has 1 N–H and O–H groups in total. The van der Waals surface area contributed by atoms with Crippen LogP contribution in [0, 0.1) is 0 Å². The maximum Gasteiger partial charge on any atom is 0.154 e. The molecule has 1 aromatic carbocycles. The quantitative estimate of drug-likeness (QED) is 0.922. The van der Waals surface area contributed by atoms with E-state index in [2.05, 4.69) is 0 Å². The Morgan fingerprint density at radius 2 is 2.06 bits per heavy atom. The van der Waals surface area contributed by atoms with Crippen molar-refractivity contribution in [2.75, 3.05) is 11.5 Å². The molecule has 0 saturated carbocycles. The van der Waals surface area contributed by atoms with E-state index in [-0.39, 0.29) is 16.8 Å². The predicted molar refractivity (Wildman–Crippen MR) is 71.2 cm³/mol. The topological polar surface area (TPSA) is 54.4 Å². The fourth-order valence-corrected chi connectivity index (χ4v) is 5.75. The van der Waals surface area contributed by atoms with E-state index >= 15 is 0 Å². The second-order valence-corrected chi connectivity index (χ2v) is 7.87. The Morgan fingerprint density at radius 1 is 1.35 bits per heavy atom. The minimum Gasteiger partial charge on any atom is -0.391 e. The molecule has 1 aliphatic rings. The summed E-state index contributed by atoms with van der Waals surface area (Å²) in [4.78, 5) is 0. The number of hydrogen-bond acceptors (Lipinski definition) is 4. The van der Waals surface area contributed by atoms with Crippen LogP contribution < -0.4 is 0 Å². The van der Waals surface area contributed by atoms with E-state index in [9.17, 15) is 13.5 Å². The van der Waals surface area contributed by atoms with Crippen molar-refractivity contribution in [1.29, 1.82) is 0 Å². The molecule has 1 aliphatic heterocycles. The molecule has 3 nitrogen and oxygen atoms in total. The number of halogens is 1. The van der Waals surface area contributed by atoms with E-state index < -0.39 is 15.9 Å². The lowest BCUT2D eigenvalue weighted by atomic mass is 10.2. The average Bonchev–Trinajstić information content (AvgIpc) is 2.51. The summed E-state index contributed by atoms with van der Waals surface area (Å²) in [5.74, 6) is 0.563. The van der Waals surface area contributed by atoms with Crippen LogP contribution in [0.2, 0.25) is 5.02 Å². The van der Waals surface area contributed by atoms with Gasteiger partial charge in [-0.25, -0.2) is 8.42 Å². The third-order valence-corrected chi connectivity index (χ3v) is 6.37. The van der Waals surface area contributed by atoms with Crippen LogP contribution in [0.3, 0.4) is 0 Å². The SMILES string of the molecule is O=S1(=O)CC(O)C(SCc2ccccc2Cl)C1. The first kappa shape index (κ1) is 13.2. The monoisotopic (exact) mass is 292 g/mol. The Bertz CT molecular complexity index is 501. The van der Waals surface area contributed by atoms with Gasteiger partial charge in [0.15, 0.2) is 9.84 Å². The summed E-state index contributed by atoms with van der Waals surface area (Å²) in [6.07, 6.45) is -0.757. The predicted octanol–water partition coefficient (Wildman–Crippen LogP) is 1.73. The summed E-state index contributed by atoms with van der Waals surface area (Å²) in [7, 11) is -3.06. The molecule has 94 valence electrons. The van der Waals surface area contributed by atoms with Crippen LogP contribution in [-0.2, 0) is 15.6 Å². The lowest BCUT2D eigenvalue weighted by Crippen LogP contribution is -2.20. The molecular formula is C11H13ClO3S2. The van der Waals surface area contributed by atoms with Crippen molar-refractivity contribution in [1.82, 2.24) is 0 Å². The first-order chi connectivity index (χ1) is 7.98. The molecule has 0 radical (unpaired) electrons. The maximum atomic E-state index is 11.3. The molecule has 0 bridgehead atoms. The van der Waals surface area contributed by atoms with E-state index in [0.717, 1.165) is 5.56 Å². The Kier molecular flexibility index (Phi) is 4.02. The van der Waals surface area contributed by atoms with E-state index in [0.29, 0.717) is 10.8 Å². The summed E-state index contributed by atoms with van der Waals surface area (Å²) in [6, 6.07) is 7.46. The molecule has 2 unspecified atom stereocenters. The molecule has 17 heavy (non-hydrogen) atoms. The molecule has 0 aliphatic carbocycles. The number of rotatable bonds is 3. The van der Waals surface area contributed by atoms with Gasteiger partial charge < -0.3 is 5.11 Å². The highest BCUT2D eigenvalue weighted by molar-refractivity contribution is 8.01. The van der Waals surface area contributed by atoms with Gasteiger partial charge in [-0.2, -0.15) is 0 Å². The summed E-state index contributed by atoms with van der Waals surface area (Å²) in [5.41, 5.74) is 0.968. The van der Waals surface area contributed by atoms with Crippen molar-refractivity contribution >= 4 is 33.2 Å². The molecule has 0 spiro atoms. The molecular weight excluding hydrogens is 280 g/mol. The van der Waals surface area contributed by atoms with Crippen molar-refractivity contribution in [3.05, 3.63) is 34.9 Å². The Morgan fingerprint density at radius 3 is 2.65 bits per heavy atom. The molecule has 0 aromatic heterocycles. The van der Waals surface area contributed by atoms with Crippen LogP contribution in [0.25, 0.3) is 0 Å². The van der Waals surface area contributed by atoms with Gasteiger partial charge in [0.25, 0.3) is 0 Å². The number of aliphatic hydroxyl groups is 1. The van der Waals surface area contributed by atoms with Crippen molar-refractivity contribution in [3.8, 4) is 0 Å². The number of thioether (sulfide) groups is 1. The number of sulfone groups is 1. The largest absolute Gasteiger partial charge is 0.391 e. The van der Waals surface area contributed by atoms with Gasteiger partial charge in [0.05, 0.1) is 17.6 Å². The van der Waals surface area contributed by atoms with Crippen LogP contribution >= 0.6 is 23.4 Å². The van der Waals surface area contributed by atoms with Gasteiger partial charge in [-0.3, -0.25) is 0 Å². The highest BCUT2D eigenvalue weighted by Crippen LogP contribution is 2.29. The third kappa shape index (κ3) is 3.37. The van der Waals surface area contributed by atoms with Gasteiger partial charge in [-0.05, 0) is 11.6 Å². The van der Waals surface area contributed by atoms with Crippen LogP contribution in [0.4, 0.5) is 0 Å². The zero-order valence-corrected chi connectivity index (χ0v) is 11.4. The molecule has 1 fully saturated rings. The van der Waals surface area contributed by atoms with Crippen LogP contribution in [0.15, 0.2) is 24.3 Å². The van der Waals surface area contributed by atoms with Crippen molar-refractivity contribution in [2.45, 2.75) is 17.1 Å². The molecule has 6 heteroatoms. The minimum atomic E-state index is -3.06. The fraction of sp³-hybridized carbons (Fsp3) is 0.455. The Labute approximate surface area is 110 Å². The van der Waals surface area contributed by atoms with E-state index in [1.807, 2.05) is 18.2 Å². The normalized spacial score (nSPS) is 27.2. The third-order valence-electron chi connectivity index (χ3n) is 2.68. The van der Waals surface area contributed by atoms with E-state index in [1.165, 1.54) is 11.8 Å². The summed E-state index contributed by atoms with van der Waals surface area (Å²) < 4.78 is 22.7. The molecule has 2 atom stereocenters. The van der Waals surface area contributed by atoms with Gasteiger partial charge >= 0.3 is 0 Å². The zero-order chi connectivity index (χ0) is 12.5. The molecule has 1 aromatic rings. The Hall–Kier alpha value is -0.230. The highest BCUT2D eigenvalue weighted by atomic mass is 35.5. The van der Waals surface area contributed by atoms with Crippen molar-refractivity contribution in [2.24, 2.45) is 0 Å². The summed E-state index contributed by atoms with van der Waals surface area (Å²) in [6.45, 7) is 0.